The van der Waals surface area contributed by atoms with Gasteiger partial charge in [-0.05, 0) is 0 Å². The van der Waals surface area contributed by atoms with Gasteiger partial charge in [0.05, 0.1) is 0 Å². The highest BCUT2D eigenvalue weighted by atomic mass is 15.4. The topological polar surface area (TPSA) is 24.7 Å². The van der Waals surface area contributed by atoms with Crippen molar-refractivity contribution in [2.75, 3.05) is 0 Å². The van der Waals surface area contributed by atoms with E-state index in [1.807, 2.05) is 30.3 Å². The molecule has 0 fully saturated rings. The van der Waals surface area contributed by atoms with Crippen LogP contribution in [-0.2, 0) is 0 Å². The smallest absolute Gasteiger partial charge is 0.157 e. The van der Waals surface area contributed by atoms with Crippen molar-refractivity contribution in [2.45, 2.75) is 6.17 Å². The average molecular weight is 118 g/mol. The molecule has 0 radical (unpaired) electrons. The normalized spacial score (nSPS) is 16.0. The van der Waals surface area contributed by atoms with Gasteiger partial charge in [0.25, 0.3) is 0 Å². The Morgan fingerprint density at radius 3 is 2.22 bits per heavy atom. The summed E-state index contributed by atoms with van der Waals surface area (Å²) in [6.45, 7) is 0. The fourth-order valence-electron chi connectivity index (χ4n) is 0.792. The molecule has 9 heavy (non-hydrogen) atoms. The van der Waals surface area contributed by atoms with E-state index in [1.165, 1.54) is 5.56 Å². The molecule has 1 aliphatic rings. The lowest BCUT2D eigenvalue weighted by Crippen LogP contribution is -1.75. The average Bonchev–Trinajstić information content (AvgIpc) is 2.71. The second-order valence-corrected chi connectivity index (χ2v) is 2.02. The van der Waals surface area contributed by atoms with Crippen molar-refractivity contribution in [3.8, 4) is 0 Å². The highest BCUT2D eigenvalue weighted by Gasteiger charge is 2.16. The minimum atomic E-state index is 0.159. The van der Waals surface area contributed by atoms with Crippen molar-refractivity contribution in [2.24, 2.45) is 10.2 Å². The number of hydrogen-bond acceptors (Lipinski definition) is 2. The molecule has 0 aliphatic carbocycles. The summed E-state index contributed by atoms with van der Waals surface area (Å²) in [5.41, 5.74) is 1.19. The van der Waals surface area contributed by atoms with E-state index in [1.54, 1.807) is 0 Å². The Hall–Kier alpha value is -1.18. The molecule has 1 aromatic rings. The monoisotopic (exact) mass is 118 g/mol. The Kier molecular flexibility index (Phi) is 0.859. The van der Waals surface area contributed by atoms with Crippen LogP contribution >= 0.6 is 0 Å². The fourth-order valence-corrected chi connectivity index (χ4v) is 0.792. The van der Waals surface area contributed by atoms with Crippen molar-refractivity contribution in [3.05, 3.63) is 35.9 Å². The third kappa shape index (κ3) is 0.830. The van der Waals surface area contributed by atoms with Crippen LogP contribution in [0.2, 0.25) is 0 Å². The van der Waals surface area contributed by atoms with Crippen molar-refractivity contribution >= 4 is 0 Å². The molecule has 0 saturated heterocycles. The van der Waals surface area contributed by atoms with Gasteiger partial charge >= 0.3 is 0 Å². The molecule has 0 N–H and O–H groups in total. The van der Waals surface area contributed by atoms with Crippen molar-refractivity contribution in [3.63, 3.8) is 0 Å². The van der Waals surface area contributed by atoms with Gasteiger partial charge in [-0.3, -0.25) is 0 Å². The third-order valence-electron chi connectivity index (χ3n) is 1.33. The van der Waals surface area contributed by atoms with Crippen LogP contribution in [0.25, 0.3) is 0 Å². The highest BCUT2D eigenvalue weighted by Crippen LogP contribution is 2.29. The van der Waals surface area contributed by atoms with Crippen LogP contribution in [0.1, 0.15) is 11.7 Å². The molecule has 1 aliphatic heterocycles. The van der Waals surface area contributed by atoms with E-state index in [9.17, 15) is 0 Å². The van der Waals surface area contributed by atoms with Gasteiger partial charge in [-0.1, -0.05) is 30.3 Å². The molecule has 1 heterocycles. The fraction of sp³-hybridized carbons (Fsp3) is 0.143. The lowest BCUT2D eigenvalue weighted by atomic mass is 10.2. The Labute approximate surface area is 53.2 Å². The molecule has 2 heteroatoms. The lowest BCUT2D eigenvalue weighted by molar-refractivity contribution is 1.05. The van der Waals surface area contributed by atoms with Crippen molar-refractivity contribution < 1.29 is 0 Å². The van der Waals surface area contributed by atoms with Crippen LogP contribution in [0.4, 0.5) is 0 Å². The SMILES string of the molecule is c1ccc(C2N=N2)cc1. The van der Waals surface area contributed by atoms with Gasteiger partial charge < -0.3 is 0 Å². The van der Waals surface area contributed by atoms with Gasteiger partial charge in [0.2, 0.25) is 6.17 Å². The van der Waals surface area contributed by atoms with Crippen molar-refractivity contribution in [1.82, 2.24) is 0 Å². The zero-order valence-corrected chi connectivity index (χ0v) is 4.86. The number of rotatable bonds is 1. The molecule has 0 aromatic heterocycles. The van der Waals surface area contributed by atoms with Crippen molar-refractivity contribution in [1.29, 1.82) is 0 Å². The Morgan fingerprint density at radius 2 is 1.67 bits per heavy atom. The van der Waals surface area contributed by atoms with Crippen LogP contribution in [0.15, 0.2) is 40.6 Å². The molecule has 0 spiro atoms. The third-order valence-corrected chi connectivity index (χ3v) is 1.33. The second-order valence-electron chi connectivity index (χ2n) is 2.02. The van der Waals surface area contributed by atoms with Gasteiger partial charge in [-0.2, -0.15) is 10.2 Å². The molecule has 44 valence electrons. The van der Waals surface area contributed by atoms with Gasteiger partial charge in [0.15, 0.2) is 0 Å². The summed E-state index contributed by atoms with van der Waals surface area (Å²) in [7, 11) is 0. The predicted octanol–water partition coefficient (Wildman–Crippen LogP) is 2.15. The number of hydrogen-bond donors (Lipinski definition) is 0. The molecular formula is C7H6N2. The highest BCUT2D eigenvalue weighted by molar-refractivity contribution is 5.20. The lowest BCUT2D eigenvalue weighted by Gasteiger charge is -1.88. The standard InChI is InChI=1S/C7H6N2/c1-2-4-6(5-3-1)7-8-9-7/h1-5,7H. The van der Waals surface area contributed by atoms with Crippen LogP contribution in [0.3, 0.4) is 0 Å². The van der Waals surface area contributed by atoms with Crippen LogP contribution in [-0.4, -0.2) is 0 Å². The molecule has 1 aromatic carbocycles. The zero-order valence-electron chi connectivity index (χ0n) is 4.86. The van der Waals surface area contributed by atoms with Gasteiger partial charge in [-0.25, -0.2) is 0 Å². The Bertz CT molecular complexity index is 222. The second kappa shape index (κ2) is 1.65. The number of benzene rings is 1. The largest absolute Gasteiger partial charge is 0.206 e. The molecule has 0 bridgehead atoms. The maximum absolute atomic E-state index is 3.80. The van der Waals surface area contributed by atoms with E-state index in [0.29, 0.717) is 0 Å². The van der Waals surface area contributed by atoms with Crippen LogP contribution < -0.4 is 0 Å². The minimum absolute atomic E-state index is 0.159. The quantitative estimate of drug-likeness (QED) is 0.539. The maximum Gasteiger partial charge on any atom is 0.206 e. The first-order valence-corrected chi connectivity index (χ1v) is 2.92. The first kappa shape index (κ1) is 4.68. The Morgan fingerprint density at radius 1 is 1.00 bits per heavy atom. The molecule has 0 saturated carbocycles. The Balaban J connectivity index is 2.30. The predicted molar refractivity (Wildman–Crippen MR) is 34.0 cm³/mol. The molecule has 0 atom stereocenters. The minimum Gasteiger partial charge on any atom is -0.157 e. The van der Waals surface area contributed by atoms with E-state index in [4.69, 9.17) is 0 Å². The molecular weight excluding hydrogens is 112 g/mol. The van der Waals surface area contributed by atoms with Crippen LogP contribution in [0.5, 0.6) is 0 Å². The summed E-state index contributed by atoms with van der Waals surface area (Å²) >= 11 is 0. The summed E-state index contributed by atoms with van der Waals surface area (Å²) in [5, 5.41) is 7.60. The maximum atomic E-state index is 3.80. The summed E-state index contributed by atoms with van der Waals surface area (Å²) in [5.74, 6) is 0. The first-order chi connectivity index (χ1) is 4.47. The van der Waals surface area contributed by atoms with E-state index in [-0.39, 0.29) is 6.17 Å². The summed E-state index contributed by atoms with van der Waals surface area (Å²) in [6.07, 6.45) is 0.159. The van der Waals surface area contributed by atoms with E-state index < -0.39 is 0 Å². The van der Waals surface area contributed by atoms with E-state index in [0.717, 1.165) is 0 Å². The first-order valence-electron chi connectivity index (χ1n) is 2.92. The van der Waals surface area contributed by atoms with E-state index in [2.05, 4.69) is 10.2 Å². The number of nitrogens with zero attached hydrogens (tertiary/aromatic N) is 2. The molecule has 0 amide bonds. The zero-order chi connectivity index (χ0) is 6.10. The molecule has 2 rings (SSSR count). The van der Waals surface area contributed by atoms with Crippen LogP contribution in [0, 0.1) is 0 Å². The molecule has 0 unspecified atom stereocenters. The summed E-state index contributed by atoms with van der Waals surface area (Å²) in [6, 6.07) is 10.1. The van der Waals surface area contributed by atoms with E-state index >= 15 is 0 Å². The van der Waals surface area contributed by atoms with Gasteiger partial charge in [0, 0.05) is 5.56 Å². The van der Waals surface area contributed by atoms with Gasteiger partial charge in [-0.15, -0.1) is 0 Å². The summed E-state index contributed by atoms with van der Waals surface area (Å²) in [4.78, 5) is 0. The molecule has 2 nitrogen and oxygen atoms in total. The summed E-state index contributed by atoms with van der Waals surface area (Å²) < 4.78 is 0. The van der Waals surface area contributed by atoms with Gasteiger partial charge in [0.1, 0.15) is 0 Å².